The van der Waals surface area contributed by atoms with Crippen LogP contribution in [0.5, 0.6) is 5.75 Å². The molecule has 1 N–H and O–H groups in total. The predicted molar refractivity (Wildman–Crippen MR) is 116 cm³/mol. The highest BCUT2D eigenvalue weighted by Crippen LogP contribution is 2.24. The second-order valence-electron chi connectivity index (χ2n) is 6.89. The zero-order valence-corrected chi connectivity index (χ0v) is 17.0. The van der Waals surface area contributed by atoms with Crippen LogP contribution in [0, 0.1) is 0 Å². The van der Waals surface area contributed by atoms with Gasteiger partial charge in [0.25, 0.3) is 0 Å². The average molecular weight is 403 g/mol. The molecule has 0 radical (unpaired) electrons. The first kappa shape index (κ1) is 21.1. The highest BCUT2D eigenvalue weighted by molar-refractivity contribution is 5.98. The van der Waals surface area contributed by atoms with Crippen LogP contribution in [-0.4, -0.2) is 23.5 Å². The van der Waals surface area contributed by atoms with Crippen LogP contribution in [0.3, 0.4) is 0 Å². The lowest BCUT2D eigenvalue weighted by Crippen LogP contribution is -2.08. The number of carbonyl (C=O) groups excluding carboxylic acids is 1. The first-order chi connectivity index (χ1) is 14.7. The second-order valence-corrected chi connectivity index (χ2v) is 6.89. The molecule has 0 aliphatic heterocycles. The molecule has 0 atom stereocenters. The quantitative estimate of drug-likeness (QED) is 0.174. The van der Waals surface area contributed by atoms with E-state index < -0.39 is 0 Å². The van der Waals surface area contributed by atoms with Gasteiger partial charge in [-0.25, -0.2) is 4.79 Å². The van der Waals surface area contributed by atoms with Gasteiger partial charge in [-0.1, -0.05) is 53.7 Å². The first-order valence-corrected chi connectivity index (χ1v) is 9.88. The van der Waals surface area contributed by atoms with Crippen molar-refractivity contribution in [3.8, 4) is 5.75 Å². The standard InChI is InChI=1S/C25H25NO4/c1-19(26-28)22-14-15-24(30-18-20-9-4-2-5-10-20)23(17-22)13-8-16-29-25(27)21-11-6-3-7-12-21/h2-7,9-12,14-15,17,28H,8,13,16,18H2,1H3. The van der Waals surface area contributed by atoms with Crippen molar-refractivity contribution < 1.29 is 19.5 Å². The normalized spacial score (nSPS) is 11.2. The van der Waals surface area contributed by atoms with Gasteiger partial charge >= 0.3 is 5.97 Å². The Morgan fingerprint density at radius 3 is 2.33 bits per heavy atom. The van der Waals surface area contributed by atoms with Crippen LogP contribution < -0.4 is 4.74 Å². The molecule has 3 aromatic carbocycles. The zero-order chi connectivity index (χ0) is 21.2. The topological polar surface area (TPSA) is 68.1 Å². The summed E-state index contributed by atoms with van der Waals surface area (Å²) in [6, 6.07) is 24.6. The predicted octanol–water partition coefficient (Wildman–Crippen LogP) is 5.25. The zero-order valence-electron chi connectivity index (χ0n) is 17.0. The molecule has 0 bridgehead atoms. The Bertz CT molecular complexity index is 985. The van der Waals surface area contributed by atoms with E-state index in [4.69, 9.17) is 14.7 Å². The van der Waals surface area contributed by atoms with Crippen molar-refractivity contribution in [1.29, 1.82) is 0 Å². The van der Waals surface area contributed by atoms with Crippen molar-refractivity contribution in [3.63, 3.8) is 0 Å². The smallest absolute Gasteiger partial charge is 0.338 e. The molecule has 0 saturated carbocycles. The number of hydrogen-bond acceptors (Lipinski definition) is 5. The van der Waals surface area contributed by atoms with Crippen molar-refractivity contribution in [2.75, 3.05) is 6.61 Å². The summed E-state index contributed by atoms with van der Waals surface area (Å²) in [5.41, 5.74) is 3.95. The van der Waals surface area contributed by atoms with Crippen molar-refractivity contribution in [2.24, 2.45) is 5.16 Å². The minimum atomic E-state index is -0.326. The Morgan fingerprint density at radius 1 is 0.933 bits per heavy atom. The van der Waals surface area contributed by atoms with Gasteiger partial charge in [0, 0.05) is 0 Å². The SMILES string of the molecule is CC(=NO)c1ccc(OCc2ccccc2)c(CCCOC(=O)c2ccccc2)c1. The summed E-state index contributed by atoms with van der Waals surface area (Å²) in [5, 5.41) is 12.4. The Morgan fingerprint density at radius 2 is 1.63 bits per heavy atom. The third-order valence-corrected chi connectivity index (χ3v) is 4.70. The van der Waals surface area contributed by atoms with Crippen LogP contribution in [0.4, 0.5) is 0 Å². The molecule has 3 aromatic rings. The monoisotopic (exact) mass is 403 g/mol. The van der Waals surface area contributed by atoms with Crippen molar-refractivity contribution >= 4 is 11.7 Å². The second kappa shape index (κ2) is 10.8. The molecule has 30 heavy (non-hydrogen) atoms. The fourth-order valence-corrected chi connectivity index (χ4v) is 3.02. The lowest BCUT2D eigenvalue weighted by Gasteiger charge is -2.14. The summed E-state index contributed by atoms with van der Waals surface area (Å²) in [6.07, 6.45) is 1.32. The van der Waals surface area contributed by atoms with E-state index in [1.54, 1.807) is 19.1 Å². The molecular formula is C25H25NO4. The summed E-state index contributed by atoms with van der Waals surface area (Å²) in [4.78, 5) is 12.1. The van der Waals surface area contributed by atoms with Gasteiger partial charge in [0.1, 0.15) is 12.4 Å². The Labute approximate surface area is 176 Å². The number of carbonyl (C=O) groups is 1. The Kier molecular flexibility index (Phi) is 7.61. The summed E-state index contributed by atoms with van der Waals surface area (Å²) in [6.45, 7) is 2.51. The maximum atomic E-state index is 12.1. The first-order valence-electron chi connectivity index (χ1n) is 9.88. The largest absolute Gasteiger partial charge is 0.489 e. The number of esters is 1. The molecule has 0 fully saturated rings. The van der Waals surface area contributed by atoms with Crippen molar-refractivity contribution in [1.82, 2.24) is 0 Å². The van der Waals surface area contributed by atoms with E-state index >= 15 is 0 Å². The molecule has 0 unspecified atom stereocenters. The third kappa shape index (κ3) is 5.95. The molecule has 0 aromatic heterocycles. The van der Waals surface area contributed by atoms with Gasteiger partial charge in [0.15, 0.2) is 0 Å². The summed E-state index contributed by atoms with van der Waals surface area (Å²) >= 11 is 0. The van der Waals surface area contributed by atoms with Crippen LogP contribution >= 0.6 is 0 Å². The number of benzene rings is 3. The Hall–Kier alpha value is -3.60. The minimum absolute atomic E-state index is 0.309. The van der Waals surface area contributed by atoms with E-state index in [-0.39, 0.29) is 5.97 Å². The number of rotatable bonds is 9. The number of ether oxygens (including phenoxy) is 2. The van der Waals surface area contributed by atoms with Crippen molar-refractivity contribution in [3.05, 3.63) is 101 Å². The molecular weight excluding hydrogens is 378 g/mol. The van der Waals surface area contributed by atoms with Crippen LogP contribution in [0.2, 0.25) is 0 Å². The van der Waals surface area contributed by atoms with Gasteiger partial charge in [-0.15, -0.1) is 0 Å². The molecule has 0 heterocycles. The number of nitrogens with zero attached hydrogens (tertiary/aromatic N) is 1. The van der Waals surface area contributed by atoms with Crippen LogP contribution in [-0.2, 0) is 17.8 Å². The summed E-state index contributed by atoms with van der Waals surface area (Å²) in [7, 11) is 0. The molecule has 0 amide bonds. The van der Waals surface area contributed by atoms with E-state index in [1.165, 1.54) is 0 Å². The summed E-state index contributed by atoms with van der Waals surface area (Å²) in [5.74, 6) is 0.441. The van der Waals surface area contributed by atoms with E-state index in [0.29, 0.717) is 37.3 Å². The Balaban J connectivity index is 1.63. The van der Waals surface area contributed by atoms with Gasteiger partial charge in [0.2, 0.25) is 0 Å². The number of aryl methyl sites for hydroxylation is 1. The van der Waals surface area contributed by atoms with Crippen LogP contribution in [0.1, 0.15) is 40.4 Å². The van der Waals surface area contributed by atoms with Gasteiger partial charge in [0.05, 0.1) is 17.9 Å². The van der Waals surface area contributed by atoms with E-state index in [9.17, 15) is 4.79 Å². The molecule has 5 nitrogen and oxygen atoms in total. The van der Waals surface area contributed by atoms with E-state index in [2.05, 4.69) is 5.16 Å². The fraction of sp³-hybridized carbons (Fsp3) is 0.200. The van der Waals surface area contributed by atoms with Gasteiger partial charge in [-0.05, 0) is 66.8 Å². The summed E-state index contributed by atoms with van der Waals surface area (Å²) < 4.78 is 11.4. The molecule has 154 valence electrons. The lowest BCUT2D eigenvalue weighted by atomic mass is 10.0. The van der Waals surface area contributed by atoms with Gasteiger partial charge in [-0.3, -0.25) is 0 Å². The third-order valence-electron chi connectivity index (χ3n) is 4.70. The maximum Gasteiger partial charge on any atom is 0.338 e. The average Bonchev–Trinajstić information content (AvgIpc) is 2.81. The molecule has 0 saturated heterocycles. The van der Waals surface area contributed by atoms with E-state index in [0.717, 1.165) is 22.4 Å². The maximum absolute atomic E-state index is 12.1. The molecule has 5 heteroatoms. The molecule has 0 spiro atoms. The number of oxime groups is 1. The highest BCUT2D eigenvalue weighted by atomic mass is 16.5. The van der Waals surface area contributed by atoms with Crippen LogP contribution in [0.15, 0.2) is 84.0 Å². The lowest BCUT2D eigenvalue weighted by molar-refractivity contribution is 0.0500. The molecule has 0 aliphatic rings. The van der Waals surface area contributed by atoms with Crippen LogP contribution in [0.25, 0.3) is 0 Å². The van der Waals surface area contributed by atoms with E-state index in [1.807, 2.05) is 66.7 Å². The molecule has 0 aliphatic carbocycles. The minimum Gasteiger partial charge on any atom is -0.489 e. The highest BCUT2D eigenvalue weighted by Gasteiger charge is 2.10. The van der Waals surface area contributed by atoms with Crippen molar-refractivity contribution in [2.45, 2.75) is 26.4 Å². The van der Waals surface area contributed by atoms with Gasteiger partial charge < -0.3 is 14.7 Å². The molecule has 3 rings (SSSR count). The fourth-order valence-electron chi connectivity index (χ4n) is 3.02. The van der Waals surface area contributed by atoms with Gasteiger partial charge in [-0.2, -0.15) is 0 Å². The number of hydrogen-bond donors (Lipinski definition) is 1.